The summed E-state index contributed by atoms with van der Waals surface area (Å²) in [5, 5.41) is 0.883. The average Bonchev–Trinajstić information content (AvgIpc) is 2.87. The van der Waals surface area contributed by atoms with Gasteiger partial charge in [-0.2, -0.15) is 0 Å². The van der Waals surface area contributed by atoms with Crippen molar-refractivity contribution in [1.29, 1.82) is 0 Å². The van der Waals surface area contributed by atoms with E-state index < -0.39 is 0 Å². The van der Waals surface area contributed by atoms with Crippen LogP contribution in [0.1, 0.15) is 0 Å². The van der Waals surface area contributed by atoms with Gasteiger partial charge in [-0.1, -0.05) is 48.0 Å². The molecule has 2 nitrogen and oxygen atoms in total. The summed E-state index contributed by atoms with van der Waals surface area (Å²) in [6, 6.07) is 15.7. The molecule has 3 aromatic rings. The fraction of sp³-hybridized carbons (Fsp3) is 0. The van der Waals surface area contributed by atoms with Crippen LogP contribution in [0.5, 0.6) is 0 Å². The highest BCUT2D eigenvalue weighted by molar-refractivity contribution is 6.30. The molecule has 4 heteroatoms. The first-order valence-electron chi connectivity index (χ1n) is 5.70. The highest BCUT2D eigenvalue weighted by Gasteiger charge is 2.05. The van der Waals surface area contributed by atoms with Crippen LogP contribution in [0.15, 0.2) is 59.1 Å². The molecule has 0 atom stereocenters. The van der Waals surface area contributed by atoms with E-state index in [2.05, 4.69) is 4.98 Å². The van der Waals surface area contributed by atoms with Gasteiger partial charge >= 0.3 is 0 Å². The van der Waals surface area contributed by atoms with Gasteiger partial charge in [0.05, 0.1) is 6.20 Å². The second-order valence-corrected chi connectivity index (χ2v) is 4.82. The first kappa shape index (κ1) is 12.3. The van der Waals surface area contributed by atoms with Gasteiger partial charge in [0.2, 0.25) is 0 Å². The van der Waals surface area contributed by atoms with Crippen LogP contribution in [0.2, 0.25) is 10.4 Å². The van der Waals surface area contributed by atoms with Crippen LogP contribution >= 0.6 is 23.2 Å². The molecule has 0 radical (unpaired) electrons. The number of aromatic nitrogens is 1. The molecule has 0 amide bonds. The molecule has 0 bridgehead atoms. The third-order valence-electron chi connectivity index (χ3n) is 2.82. The lowest BCUT2D eigenvalue weighted by atomic mass is 10.0. The van der Waals surface area contributed by atoms with Crippen LogP contribution in [0.4, 0.5) is 0 Å². The normalized spacial score (nSPS) is 10.6. The predicted octanol–water partition coefficient (Wildman–Crippen LogP) is 5.32. The third-order valence-corrected chi connectivity index (χ3v) is 3.25. The van der Waals surface area contributed by atoms with Crippen molar-refractivity contribution in [3.05, 3.63) is 65.1 Å². The topological polar surface area (TPSA) is 26.0 Å². The fourth-order valence-electron chi connectivity index (χ4n) is 1.86. The van der Waals surface area contributed by atoms with E-state index in [1.165, 1.54) is 0 Å². The van der Waals surface area contributed by atoms with E-state index in [9.17, 15) is 0 Å². The zero-order valence-corrected chi connectivity index (χ0v) is 11.3. The Morgan fingerprint density at radius 3 is 1.79 bits per heavy atom. The van der Waals surface area contributed by atoms with Crippen LogP contribution in [0.25, 0.3) is 22.5 Å². The molecule has 0 N–H and O–H groups in total. The maximum absolute atomic E-state index is 5.87. The van der Waals surface area contributed by atoms with Crippen LogP contribution in [0, 0.1) is 0 Å². The maximum atomic E-state index is 5.87. The van der Waals surface area contributed by atoms with E-state index in [1.807, 2.05) is 48.5 Å². The fourth-order valence-corrected chi connectivity index (χ4v) is 2.11. The monoisotopic (exact) mass is 289 g/mol. The molecule has 0 saturated carbocycles. The molecule has 0 aliphatic rings. The summed E-state index contributed by atoms with van der Waals surface area (Å²) in [6.07, 6.45) is 1.61. The van der Waals surface area contributed by atoms with Crippen molar-refractivity contribution in [1.82, 2.24) is 4.98 Å². The van der Waals surface area contributed by atoms with Crippen molar-refractivity contribution in [2.45, 2.75) is 0 Å². The van der Waals surface area contributed by atoms with Crippen molar-refractivity contribution in [3.63, 3.8) is 0 Å². The first-order chi connectivity index (χ1) is 9.22. The predicted molar refractivity (Wildman–Crippen MR) is 77.4 cm³/mol. The van der Waals surface area contributed by atoms with Crippen LogP contribution in [0.3, 0.4) is 0 Å². The lowest BCUT2D eigenvalue weighted by Crippen LogP contribution is -1.78. The number of nitrogens with zero attached hydrogens (tertiary/aromatic N) is 1. The standard InChI is InChI=1S/C15H9Cl2NO/c16-13-7-5-11(6-8-13)10-1-3-12(4-2-10)14-9-18-15(17)19-14/h1-9H. The summed E-state index contributed by atoms with van der Waals surface area (Å²) >= 11 is 11.5. The van der Waals surface area contributed by atoms with E-state index >= 15 is 0 Å². The lowest BCUT2D eigenvalue weighted by Gasteiger charge is -2.03. The van der Waals surface area contributed by atoms with E-state index in [-0.39, 0.29) is 5.35 Å². The Kier molecular flexibility index (Phi) is 3.28. The van der Waals surface area contributed by atoms with Crippen LogP contribution < -0.4 is 0 Å². The molecular weight excluding hydrogens is 281 g/mol. The molecular formula is C15H9Cl2NO. The van der Waals surface area contributed by atoms with E-state index in [4.69, 9.17) is 27.6 Å². The molecule has 0 fully saturated rings. The molecule has 0 aliphatic heterocycles. The van der Waals surface area contributed by atoms with Gasteiger partial charge in [-0.15, -0.1) is 0 Å². The number of rotatable bonds is 2. The second-order valence-electron chi connectivity index (χ2n) is 4.06. The zero-order chi connectivity index (χ0) is 13.2. The summed E-state index contributed by atoms with van der Waals surface area (Å²) in [4.78, 5) is 3.87. The Labute approximate surface area is 120 Å². The van der Waals surface area contributed by atoms with Crippen molar-refractivity contribution >= 4 is 23.2 Å². The van der Waals surface area contributed by atoms with Crippen molar-refractivity contribution in [3.8, 4) is 22.5 Å². The third kappa shape index (κ3) is 2.65. The minimum absolute atomic E-state index is 0.150. The molecule has 19 heavy (non-hydrogen) atoms. The maximum Gasteiger partial charge on any atom is 0.292 e. The highest BCUT2D eigenvalue weighted by Crippen LogP contribution is 2.26. The molecule has 0 saturated heterocycles. The number of benzene rings is 2. The molecule has 0 spiro atoms. The molecule has 1 heterocycles. The van der Waals surface area contributed by atoms with Gasteiger partial charge in [0.1, 0.15) is 0 Å². The largest absolute Gasteiger partial charge is 0.428 e. The summed E-state index contributed by atoms with van der Waals surface area (Å²) in [6.45, 7) is 0. The Morgan fingerprint density at radius 2 is 1.26 bits per heavy atom. The number of hydrogen-bond donors (Lipinski definition) is 0. The summed E-state index contributed by atoms with van der Waals surface area (Å²) in [5.74, 6) is 0.660. The van der Waals surface area contributed by atoms with Crippen LogP contribution in [-0.4, -0.2) is 4.98 Å². The van der Waals surface area contributed by atoms with Gasteiger partial charge in [-0.3, -0.25) is 0 Å². The van der Waals surface area contributed by atoms with E-state index in [1.54, 1.807) is 6.20 Å². The highest BCUT2D eigenvalue weighted by atomic mass is 35.5. The van der Waals surface area contributed by atoms with Gasteiger partial charge < -0.3 is 4.42 Å². The number of halogens is 2. The van der Waals surface area contributed by atoms with Gasteiger partial charge in [-0.05, 0) is 34.9 Å². The van der Waals surface area contributed by atoms with Gasteiger partial charge in [-0.25, -0.2) is 4.98 Å². The van der Waals surface area contributed by atoms with E-state index in [0.717, 1.165) is 21.7 Å². The molecule has 0 aliphatic carbocycles. The molecule has 0 unspecified atom stereocenters. The quantitative estimate of drug-likeness (QED) is 0.638. The molecule has 1 aromatic heterocycles. The van der Waals surface area contributed by atoms with Gasteiger partial charge in [0.15, 0.2) is 5.76 Å². The molecule has 2 aromatic carbocycles. The van der Waals surface area contributed by atoms with Crippen LogP contribution in [-0.2, 0) is 0 Å². The number of oxazole rings is 1. The van der Waals surface area contributed by atoms with Crippen molar-refractivity contribution in [2.24, 2.45) is 0 Å². The Morgan fingerprint density at radius 1 is 0.737 bits per heavy atom. The second kappa shape index (κ2) is 5.08. The Balaban J connectivity index is 1.92. The lowest BCUT2D eigenvalue weighted by molar-refractivity contribution is 0.574. The van der Waals surface area contributed by atoms with Crippen molar-refractivity contribution < 1.29 is 4.42 Å². The summed E-state index contributed by atoms with van der Waals surface area (Å²) < 4.78 is 5.27. The van der Waals surface area contributed by atoms with Crippen molar-refractivity contribution in [2.75, 3.05) is 0 Å². The Hall–Kier alpha value is -1.77. The van der Waals surface area contributed by atoms with Gasteiger partial charge in [0.25, 0.3) is 5.35 Å². The average molecular weight is 290 g/mol. The minimum Gasteiger partial charge on any atom is -0.428 e. The number of hydrogen-bond acceptors (Lipinski definition) is 2. The summed E-state index contributed by atoms with van der Waals surface area (Å²) in [5.41, 5.74) is 3.18. The van der Waals surface area contributed by atoms with E-state index in [0.29, 0.717) is 5.76 Å². The first-order valence-corrected chi connectivity index (χ1v) is 6.46. The molecule has 3 rings (SSSR count). The smallest absolute Gasteiger partial charge is 0.292 e. The summed E-state index contributed by atoms with van der Waals surface area (Å²) in [7, 11) is 0. The minimum atomic E-state index is 0.150. The van der Waals surface area contributed by atoms with Gasteiger partial charge in [0, 0.05) is 10.6 Å². The zero-order valence-electron chi connectivity index (χ0n) is 9.81. The molecule has 94 valence electrons. The SMILES string of the molecule is Clc1ccc(-c2ccc(-c3cnc(Cl)o3)cc2)cc1. The Bertz CT molecular complexity index is 687.